The van der Waals surface area contributed by atoms with Gasteiger partial charge in [0.05, 0.1) is 10.6 Å². The first kappa shape index (κ1) is 20.2. The van der Waals surface area contributed by atoms with Crippen LogP contribution in [0, 0.1) is 5.92 Å². The van der Waals surface area contributed by atoms with Crippen molar-refractivity contribution >= 4 is 28.2 Å². The summed E-state index contributed by atoms with van der Waals surface area (Å²) in [6.07, 6.45) is 4.68. The minimum Gasteiger partial charge on any atom is -0.339 e. The van der Waals surface area contributed by atoms with Gasteiger partial charge in [0, 0.05) is 24.7 Å². The fourth-order valence-corrected chi connectivity index (χ4v) is 3.98. The molecular weight excluding hydrogens is 360 g/mol. The molecule has 1 aliphatic carbocycles. The van der Waals surface area contributed by atoms with E-state index in [1.807, 2.05) is 4.90 Å². The number of benzene rings is 1. The third-order valence-corrected chi connectivity index (χ3v) is 6.77. The molecule has 5 nitrogen and oxygen atoms in total. The van der Waals surface area contributed by atoms with E-state index in [4.69, 9.17) is 0 Å². The average Bonchev–Trinajstić information content (AvgIpc) is 3.44. The summed E-state index contributed by atoms with van der Waals surface area (Å²) in [6.45, 7) is 4.26. The zero-order valence-corrected chi connectivity index (χ0v) is 16.2. The number of carbonyl (C=O) groups excluding carboxylic acids is 1. The molecule has 0 spiro atoms. The summed E-state index contributed by atoms with van der Waals surface area (Å²) < 4.78 is 23.7. The second-order valence-electron chi connectivity index (χ2n) is 6.85. The smallest absolute Gasteiger partial charge is 0.253 e. The Hall–Kier alpha value is -1.11. The van der Waals surface area contributed by atoms with Gasteiger partial charge in [0.2, 0.25) is 0 Å². The van der Waals surface area contributed by atoms with E-state index in [1.54, 1.807) is 19.1 Å². The van der Waals surface area contributed by atoms with Gasteiger partial charge in [-0.1, -0.05) is 6.92 Å². The van der Waals surface area contributed by atoms with Crippen LogP contribution >= 0.6 is 12.4 Å². The number of hydrogen-bond donors (Lipinski definition) is 1. The number of carbonyl (C=O) groups is 1. The van der Waals surface area contributed by atoms with Gasteiger partial charge in [-0.25, -0.2) is 8.42 Å². The molecule has 3 rings (SSSR count). The SMILES string of the molecule is CCS(=O)(=O)c1ccc(C(=O)N2CCC(NCC3CC3)CC2)cc1.Cl. The van der Waals surface area contributed by atoms with Crippen molar-refractivity contribution in [3.63, 3.8) is 0 Å². The Balaban J connectivity index is 0.00000225. The van der Waals surface area contributed by atoms with Crippen LogP contribution in [-0.4, -0.2) is 50.7 Å². The molecular formula is C18H27ClN2O3S. The van der Waals surface area contributed by atoms with E-state index in [0.717, 1.165) is 38.4 Å². The summed E-state index contributed by atoms with van der Waals surface area (Å²) in [5.41, 5.74) is 0.564. The lowest BCUT2D eigenvalue weighted by molar-refractivity contribution is 0.0705. The molecule has 1 aliphatic heterocycles. The Morgan fingerprint density at radius 3 is 2.24 bits per heavy atom. The molecule has 2 fully saturated rings. The summed E-state index contributed by atoms with van der Waals surface area (Å²) in [6, 6.07) is 6.85. The van der Waals surface area contributed by atoms with Gasteiger partial charge in [-0.15, -0.1) is 12.4 Å². The second kappa shape index (κ2) is 8.52. The van der Waals surface area contributed by atoms with Crippen molar-refractivity contribution in [3.8, 4) is 0 Å². The number of hydrogen-bond acceptors (Lipinski definition) is 4. The Labute approximate surface area is 156 Å². The van der Waals surface area contributed by atoms with Crippen LogP contribution in [0.15, 0.2) is 29.2 Å². The van der Waals surface area contributed by atoms with Crippen LogP contribution < -0.4 is 5.32 Å². The number of nitrogens with one attached hydrogen (secondary N) is 1. The molecule has 0 bridgehead atoms. The first-order valence-electron chi connectivity index (χ1n) is 8.85. The van der Waals surface area contributed by atoms with E-state index in [-0.39, 0.29) is 29.0 Å². The van der Waals surface area contributed by atoms with Crippen LogP contribution in [0.2, 0.25) is 0 Å². The van der Waals surface area contributed by atoms with Crippen LogP contribution in [0.1, 0.15) is 43.0 Å². The Morgan fingerprint density at radius 2 is 1.72 bits per heavy atom. The molecule has 1 heterocycles. The van der Waals surface area contributed by atoms with Crippen molar-refractivity contribution in [1.29, 1.82) is 0 Å². The number of likely N-dealkylation sites (tertiary alicyclic amines) is 1. The summed E-state index contributed by atoms with van der Waals surface area (Å²) in [5, 5.41) is 3.61. The van der Waals surface area contributed by atoms with Crippen LogP contribution in [0.5, 0.6) is 0 Å². The normalized spacial score (nSPS) is 18.7. The predicted octanol–water partition coefficient (Wildman–Crippen LogP) is 2.51. The number of halogens is 1. The van der Waals surface area contributed by atoms with Gasteiger partial charge in [0.15, 0.2) is 9.84 Å². The van der Waals surface area contributed by atoms with Crippen molar-refractivity contribution in [2.75, 3.05) is 25.4 Å². The van der Waals surface area contributed by atoms with Gasteiger partial charge in [-0.2, -0.15) is 0 Å². The highest BCUT2D eigenvalue weighted by atomic mass is 35.5. The second-order valence-corrected chi connectivity index (χ2v) is 9.12. The van der Waals surface area contributed by atoms with E-state index in [1.165, 1.54) is 25.0 Å². The van der Waals surface area contributed by atoms with Crippen molar-refractivity contribution < 1.29 is 13.2 Å². The predicted molar refractivity (Wildman–Crippen MR) is 101 cm³/mol. The van der Waals surface area contributed by atoms with Gasteiger partial charge in [0.25, 0.3) is 5.91 Å². The number of nitrogens with zero attached hydrogens (tertiary/aromatic N) is 1. The van der Waals surface area contributed by atoms with E-state index < -0.39 is 9.84 Å². The highest BCUT2D eigenvalue weighted by Gasteiger charge is 2.26. The molecule has 1 aromatic rings. The van der Waals surface area contributed by atoms with E-state index in [0.29, 0.717) is 11.6 Å². The first-order chi connectivity index (χ1) is 11.5. The number of sulfone groups is 1. The zero-order valence-electron chi connectivity index (χ0n) is 14.6. The van der Waals surface area contributed by atoms with Crippen LogP contribution in [-0.2, 0) is 9.84 Å². The molecule has 0 unspecified atom stereocenters. The Kier molecular flexibility index (Phi) is 6.88. The molecule has 1 saturated heterocycles. The number of rotatable bonds is 6. The van der Waals surface area contributed by atoms with Crippen molar-refractivity contribution in [3.05, 3.63) is 29.8 Å². The van der Waals surface area contributed by atoms with E-state index >= 15 is 0 Å². The molecule has 140 valence electrons. The molecule has 25 heavy (non-hydrogen) atoms. The summed E-state index contributed by atoms with van der Waals surface area (Å²) >= 11 is 0. The molecule has 2 aliphatic rings. The zero-order chi connectivity index (χ0) is 17.2. The molecule has 1 aromatic carbocycles. The minimum absolute atomic E-state index is 0. The Bertz CT molecular complexity index is 679. The number of piperidine rings is 1. The maximum absolute atomic E-state index is 12.6. The fraction of sp³-hybridized carbons (Fsp3) is 0.611. The molecule has 1 N–H and O–H groups in total. The Morgan fingerprint density at radius 1 is 1.12 bits per heavy atom. The highest BCUT2D eigenvalue weighted by molar-refractivity contribution is 7.91. The van der Waals surface area contributed by atoms with Gasteiger partial charge >= 0.3 is 0 Å². The molecule has 7 heteroatoms. The van der Waals surface area contributed by atoms with E-state index in [9.17, 15) is 13.2 Å². The highest BCUT2D eigenvalue weighted by Crippen LogP contribution is 2.28. The maximum atomic E-state index is 12.6. The summed E-state index contributed by atoms with van der Waals surface area (Å²) in [7, 11) is -3.21. The van der Waals surface area contributed by atoms with Gasteiger partial charge < -0.3 is 10.2 Å². The number of amides is 1. The lowest BCUT2D eigenvalue weighted by Gasteiger charge is -2.32. The molecule has 0 radical (unpaired) electrons. The van der Waals surface area contributed by atoms with Gasteiger partial charge in [0.1, 0.15) is 0 Å². The molecule has 0 atom stereocenters. The van der Waals surface area contributed by atoms with Crippen molar-refractivity contribution in [1.82, 2.24) is 10.2 Å². The third-order valence-electron chi connectivity index (χ3n) is 5.01. The third kappa shape index (κ3) is 5.19. The summed E-state index contributed by atoms with van der Waals surface area (Å²) in [5.74, 6) is 0.945. The van der Waals surface area contributed by atoms with Gasteiger partial charge in [-0.05, 0) is 62.4 Å². The fourth-order valence-electron chi connectivity index (χ4n) is 3.10. The van der Waals surface area contributed by atoms with E-state index in [2.05, 4.69) is 5.32 Å². The van der Waals surface area contributed by atoms with Gasteiger partial charge in [-0.3, -0.25) is 4.79 Å². The molecule has 1 amide bonds. The molecule has 1 saturated carbocycles. The maximum Gasteiger partial charge on any atom is 0.253 e. The quantitative estimate of drug-likeness (QED) is 0.815. The van der Waals surface area contributed by atoms with Crippen LogP contribution in [0.3, 0.4) is 0 Å². The monoisotopic (exact) mass is 386 g/mol. The standard InChI is InChI=1S/C18H26N2O3S.ClH/c1-2-24(22,23)17-7-5-15(6-8-17)18(21)20-11-9-16(10-12-20)19-13-14-3-4-14;/h5-8,14,16,19H,2-4,9-13H2,1H3;1H. The first-order valence-corrected chi connectivity index (χ1v) is 10.5. The largest absolute Gasteiger partial charge is 0.339 e. The van der Waals surface area contributed by atoms with Crippen LogP contribution in [0.4, 0.5) is 0 Å². The van der Waals surface area contributed by atoms with Crippen LogP contribution in [0.25, 0.3) is 0 Å². The lowest BCUT2D eigenvalue weighted by Crippen LogP contribution is -2.45. The topological polar surface area (TPSA) is 66.5 Å². The lowest BCUT2D eigenvalue weighted by atomic mass is 10.0. The van der Waals surface area contributed by atoms with Crippen molar-refractivity contribution in [2.45, 2.75) is 43.5 Å². The molecule has 0 aromatic heterocycles. The van der Waals surface area contributed by atoms with Crippen molar-refractivity contribution in [2.24, 2.45) is 5.92 Å². The average molecular weight is 387 g/mol. The summed E-state index contributed by atoms with van der Waals surface area (Å²) in [4.78, 5) is 14.7. The minimum atomic E-state index is -3.21.